The van der Waals surface area contributed by atoms with Crippen molar-refractivity contribution in [3.05, 3.63) is 31.0 Å². The van der Waals surface area contributed by atoms with Gasteiger partial charge in [-0.15, -0.1) is 0 Å². The monoisotopic (exact) mass is 439 g/mol. The van der Waals surface area contributed by atoms with Crippen molar-refractivity contribution in [2.75, 3.05) is 36.9 Å². The second-order valence-corrected chi connectivity index (χ2v) is 7.79. The summed E-state index contributed by atoms with van der Waals surface area (Å²) in [5, 5.41) is 8.80. The van der Waals surface area contributed by atoms with Gasteiger partial charge in [-0.3, -0.25) is 10.7 Å². The number of aromatic nitrogens is 6. The SMILES string of the molecule is C=C(CCCCCCn1cnc2c(-c3cnc(N)nc3)nc(N3CCOCC3)nc21)NO. The van der Waals surface area contributed by atoms with Gasteiger partial charge in [-0.1, -0.05) is 19.4 Å². The number of morpholine rings is 1. The van der Waals surface area contributed by atoms with Gasteiger partial charge in [-0.25, -0.2) is 19.9 Å². The fourth-order valence-electron chi connectivity index (χ4n) is 3.69. The number of anilines is 2. The first kappa shape index (κ1) is 21.9. The van der Waals surface area contributed by atoms with Crippen LogP contribution in [0.15, 0.2) is 31.0 Å². The second kappa shape index (κ2) is 10.3. The third kappa shape index (κ3) is 5.11. The number of ether oxygens (including phenoxy) is 1. The van der Waals surface area contributed by atoms with E-state index in [9.17, 15) is 0 Å². The van der Waals surface area contributed by atoms with Crippen LogP contribution in [-0.2, 0) is 11.3 Å². The number of hydrogen-bond donors (Lipinski definition) is 3. The molecule has 0 radical (unpaired) electrons. The van der Waals surface area contributed by atoms with Crippen molar-refractivity contribution in [3.63, 3.8) is 0 Å². The molecule has 4 heterocycles. The zero-order valence-corrected chi connectivity index (χ0v) is 18.1. The minimum absolute atomic E-state index is 0.219. The third-order valence-electron chi connectivity index (χ3n) is 5.48. The number of allylic oxidation sites excluding steroid dienone is 1. The molecule has 0 saturated carbocycles. The van der Waals surface area contributed by atoms with Crippen LogP contribution < -0.4 is 16.1 Å². The van der Waals surface area contributed by atoms with E-state index in [0.29, 0.717) is 30.6 Å². The summed E-state index contributed by atoms with van der Waals surface area (Å²) in [6, 6.07) is 0. The molecule has 32 heavy (non-hydrogen) atoms. The molecule has 0 bridgehead atoms. The lowest BCUT2D eigenvalue weighted by Gasteiger charge is -2.27. The fraction of sp³-hybridized carbons (Fsp3) is 0.476. The standard InChI is InChI=1S/C21H29N9O2/c1-15(28-31)6-4-2-3-5-7-30-14-25-18-17(16-12-23-20(22)24-13-16)26-21(27-19(18)30)29-8-10-32-11-9-29/h12-14,28,31H,1-11H2,(H2,22,23,24). The number of rotatable bonds is 10. The van der Waals surface area contributed by atoms with Crippen LogP contribution in [-0.4, -0.2) is 61.0 Å². The van der Waals surface area contributed by atoms with Crippen LogP contribution >= 0.6 is 0 Å². The van der Waals surface area contributed by atoms with Crippen LogP contribution in [0, 0.1) is 0 Å². The summed E-state index contributed by atoms with van der Waals surface area (Å²) >= 11 is 0. The average Bonchev–Trinajstić information content (AvgIpc) is 3.24. The predicted molar refractivity (Wildman–Crippen MR) is 121 cm³/mol. The largest absolute Gasteiger partial charge is 0.378 e. The number of unbranched alkanes of at least 4 members (excludes halogenated alkanes) is 3. The van der Waals surface area contributed by atoms with Crippen LogP contribution in [0.5, 0.6) is 0 Å². The summed E-state index contributed by atoms with van der Waals surface area (Å²) in [4.78, 5) is 24.7. The Labute approximate surface area is 186 Å². The van der Waals surface area contributed by atoms with E-state index in [1.165, 1.54) is 0 Å². The first-order valence-electron chi connectivity index (χ1n) is 10.9. The van der Waals surface area contributed by atoms with E-state index < -0.39 is 0 Å². The Balaban J connectivity index is 1.55. The van der Waals surface area contributed by atoms with Crippen LogP contribution in [0.4, 0.5) is 11.9 Å². The Kier molecular flexibility index (Phi) is 7.07. The van der Waals surface area contributed by atoms with Gasteiger partial charge in [-0.2, -0.15) is 4.98 Å². The Hall–Kier alpha value is -3.31. The maximum atomic E-state index is 8.80. The van der Waals surface area contributed by atoms with Crippen LogP contribution in [0.2, 0.25) is 0 Å². The molecule has 0 aliphatic carbocycles. The summed E-state index contributed by atoms with van der Waals surface area (Å²) in [6.45, 7) is 7.33. The highest BCUT2D eigenvalue weighted by Gasteiger charge is 2.20. The van der Waals surface area contributed by atoms with Crippen molar-refractivity contribution in [3.8, 4) is 11.3 Å². The van der Waals surface area contributed by atoms with Crippen molar-refractivity contribution >= 4 is 23.1 Å². The highest BCUT2D eigenvalue weighted by Crippen LogP contribution is 2.27. The number of hydrogen-bond acceptors (Lipinski definition) is 10. The summed E-state index contributed by atoms with van der Waals surface area (Å²) in [5.41, 5.74) is 11.4. The second-order valence-electron chi connectivity index (χ2n) is 7.79. The summed E-state index contributed by atoms with van der Waals surface area (Å²) in [7, 11) is 0. The zero-order valence-electron chi connectivity index (χ0n) is 18.1. The number of fused-ring (bicyclic) bond motifs is 1. The molecular formula is C21H29N9O2. The van der Waals surface area contributed by atoms with Crippen LogP contribution in [0.1, 0.15) is 32.1 Å². The maximum absolute atomic E-state index is 8.80. The fourth-order valence-corrected chi connectivity index (χ4v) is 3.69. The molecule has 0 spiro atoms. The summed E-state index contributed by atoms with van der Waals surface area (Å²) in [5.74, 6) is 0.876. The number of aryl methyl sites for hydroxylation is 1. The lowest BCUT2D eigenvalue weighted by atomic mass is 10.1. The molecule has 3 aromatic rings. The van der Waals surface area contributed by atoms with E-state index in [-0.39, 0.29) is 5.95 Å². The Bertz CT molecular complexity index is 1050. The van der Waals surface area contributed by atoms with Gasteiger partial charge in [0.25, 0.3) is 0 Å². The van der Waals surface area contributed by atoms with Gasteiger partial charge in [0, 0.05) is 43.3 Å². The van der Waals surface area contributed by atoms with Crippen LogP contribution in [0.25, 0.3) is 22.4 Å². The molecule has 0 atom stereocenters. The van der Waals surface area contributed by atoms with E-state index >= 15 is 0 Å². The Morgan fingerprint density at radius 1 is 1.09 bits per heavy atom. The first-order valence-corrected chi connectivity index (χ1v) is 10.9. The first-order chi connectivity index (χ1) is 15.7. The molecule has 1 fully saturated rings. The number of nitrogens with two attached hydrogens (primary N) is 1. The van der Waals surface area contributed by atoms with Crippen molar-refractivity contribution in [1.82, 2.24) is 35.0 Å². The van der Waals surface area contributed by atoms with Crippen molar-refractivity contribution in [2.45, 2.75) is 38.6 Å². The molecule has 1 saturated heterocycles. The van der Waals surface area contributed by atoms with Gasteiger partial charge in [0.1, 0.15) is 11.2 Å². The van der Waals surface area contributed by atoms with Crippen molar-refractivity contribution in [2.24, 2.45) is 0 Å². The smallest absolute Gasteiger partial charge is 0.228 e. The number of hydroxylamine groups is 1. The normalized spacial score (nSPS) is 14.1. The number of imidazole rings is 1. The highest BCUT2D eigenvalue weighted by molar-refractivity contribution is 5.88. The van der Waals surface area contributed by atoms with Gasteiger partial charge < -0.3 is 19.9 Å². The summed E-state index contributed by atoms with van der Waals surface area (Å²) in [6.07, 6.45) is 10.1. The van der Waals surface area contributed by atoms with E-state index in [1.807, 2.05) is 6.33 Å². The topological polar surface area (TPSA) is 140 Å². The number of nitrogens with zero attached hydrogens (tertiary/aromatic N) is 7. The Morgan fingerprint density at radius 3 is 2.59 bits per heavy atom. The molecule has 170 valence electrons. The Morgan fingerprint density at radius 2 is 1.84 bits per heavy atom. The van der Waals surface area contributed by atoms with Gasteiger partial charge >= 0.3 is 0 Å². The number of nitrogens with one attached hydrogen (secondary N) is 1. The molecule has 11 heteroatoms. The number of nitrogen functional groups attached to an aromatic ring is 1. The van der Waals surface area contributed by atoms with E-state index in [0.717, 1.165) is 68.5 Å². The molecule has 4 rings (SSSR count). The minimum atomic E-state index is 0.219. The molecular weight excluding hydrogens is 410 g/mol. The van der Waals surface area contributed by atoms with Gasteiger partial charge in [0.2, 0.25) is 11.9 Å². The quantitative estimate of drug-likeness (QED) is 0.318. The van der Waals surface area contributed by atoms with Gasteiger partial charge in [0.05, 0.1) is 19.5 Å². The van der Waals surface area contributed by atoms with Crippen LogP contribution in [0.3, 0.4) is 0 Å². The molecule has 0 aromatic carbocycles. The maximum Gasteiger partial charge on any atom is 0.228 e. The average molecular weight is 440 g/mol. The van der Waals surface area contributed by atoms with Gasteiger partial charge in [0.15, 0.2) is 5.65 Å². The molecule has 11 nitrogen and oxygen atoms in total. The summed E-state index contributed by atoms with van der Waals surface area (Å²) < 4.78 is 7.56. The molecule has 4 N–H and O–H groups in total. The predicted octanol–water partition coefficient (Wildman–Crippen LogP) is 2.15. The van der Waals surface area contributed by atoms with Crippen molar-refractivity contribution in [1.29, 1.82) is 0 Å². The van der Waals surface area contributed by atoms with Crippen molar-refractivity contribution < 1.29 is 9.94 Å². The molecule has 1 aliphatic rings. The molecule has 3 aromatic heterocycles. The van der Waals surface area contributed by atoms with E-state index in [4.69, 9.17) is 25.6 Å². The minimum Gasteiger partial charge on any atom is -0.378 e. The molecule has 1 aliphatic heterocycles. The zero-order chi connectivity index (χ0) is 22.3. The van der Waals surface area contributed by atoms with E-state index in [2.05, 4.69) is 36.5 Å². The van der Waals surface area contributed by atoms with E-state index in [1.54, 1.807) is 12.4 Å². The third-order valence-corrected chi connectivity index (χ3v) is 5.48. The molecule has 0 amide bonds. The lowest BCUT2D eigenvalue weighted by Crippen LogP contribution is -2.37. The lowest BCUT2D eigenvalue weighted by molar-refractivity contribution is 0.122. The molecule has 0 unspecified atom stereocenters. The highest BCUT2D eigenvalue weighted by atomic mass is 16.5. The van der Waals surface area contributed by atoms with Gasteiger partial charge in [-0.05, 0) is 19.3 Å².